The molecular formula is C12H19N3O2. The number of aromatic nitrogens is 2. The van der Waals surface area contributed by atoms with Crippen LogP contribution in [0, 0.1) is 0 Å². The smallest absolute Gasteiger partial charge is 0.313 e. The first-order valence-corrected chi connectivity index (χ1v) is 5.98. The molecule has 1 saturated heterocycles. The molecule has 0 bridgehead atoms. The number of hydrogen-bond donors (Lipinski definition) is 1. The van der Waals surface area contributed by atoms with E-state index in [1.165, 1.54) is 26.5 Å². The number of methoxy groups -OCH3 is 1. The molecule has 0 aromatic carbocycles. The monoisotopic (exact) mass is 237 g/mol. The van der Waals surface area contributed by atoms with Crippen molar-refractivity contribution in [3.05, 3.63) is 17.7 Å². The summed E-state index contributed by atoms with van der Waals surface area (Å²) in [5, 5.41) is 0. The van der Waals surface area contributed by atoms with Crippen LogP contribution < -0.4 is 0 Å². The minimum Gasteiger partial charge on any atom is -0.469 e. The van der Waals surface area contributed by atoms with Gasteiger partial charge in [-0.3, -0.25) is 4.79 Å². The number of nitrogens with zero attached hydrogens (tertiary/aromatic N) is 2. The summed E-state index contributed by atoms with van der Waals surface area (Å²) in [7, 11) is 3.53. The number of nitrogens with one attached hydrogen (secondary N) is 1. The molecule has 17 heavy (non-hydrogen) atoms. The highest BCUT2D eigenvalue weighted by Crippen LogP contribution is 2.24. The molecule has 0 amide bonds. The SMILES string of the molecule is COC(=O)Cc1ncc(C2CCCN(C)C2)[nH]1. The predicted molar refractivity (Wildman–Crippen MR) is 63.8 cm³/mol. The minimum atomic E-state index is -0.258. The molecule has 2 heterocycles. The Morgan fingerprint density at radius 1 is 1.71 bits per heavy atom. The van der Waals surface area contributed by atoms with Crippen molar-refractivity contribution >= 4 is 5.97 Å². The Bertz CT molecular complexity index is 389. The van der Waals surface area contributed by atoms with Gasteiger partial charge in [0.15, 0.2) is 0 Å². The van der Waals surface area contributed by atoms with Crippen molar-refractivity contribution in [1.82, 2.24) is 14.9 Å². The van der Waals surface area contributed by atoms with E-state index in [4.69, 9.17) is 0 Å². The fourth-order valence-corrected chi connectivity index (χ4v) is 2.31. The van der Waals surface area contributed by atoms with Gasteiger partial charge in [0.25, 0.3) is 0 Å². The summed E-state index contributed by atoms with van der Waals surface area (Å²) in [6, 6.07) is 0. The summed E-state index contributed by atoms with van der Waals surface area (Å²) in [5.41, 5.74) is 1.13. The predicted octanol–water partition coefficient (Wildman–Crippen LogP) is 0.934. The molecular weight excluding hydrogens is 218 g/mol. The number of carbonyl (C=O) groups is 1. The molecule has 1 N–H and O–H groups in total. The average molecular weight is 237 g/mol. The summed E-state index contributed by atoms with van der Waals surface area (Å²) < 4.78 is 4.62. The number of rotatable bonds is 3. The Labute approximate surface area is 101 Å². The Balaban J connectivity index is 1.99. The number of imidazole rings is 1. The zero-order chi connectivity index (χ0) is 12.3. The molecule has 2 rings (SSSR count). The molecule has 1 atom stereocenters. The quantitative estimate of drug-likeness (QED) is 0.795. The van der Waals surface area contributed by atoms with Gasteiger partial charge in [0.1, 0.15) is 12.2 Å². The second-order valence-corrected chi connectivity index (χ2v) is 4.64. The van der Waals surface area contributed by atoms with E-state index in [0.29, 0.717) is 11.7 Å². The first kappa shape index (κ1) is 12.1. The molecule has 94 valence electrons. The van der Waals surface area contributed by atoms with E-state index in [1.54, 1.807) is 0 Å². The van der Waals surface area contributed by atoms with Crippen LogP contribution in [-0.4, -0.2) is 48.1 Å². The molecule has 1 aromatic rings. The second-order valence-electron chi connectivity index (χ2n) is 4.64. The highest BCUT2D eigenvalue weighted by molar-refractivity contribution is 5.71. The van der Waals surface area contributed by atoms with Crippen molar-refractivity contribution in [3.8, 4) is 0 Å². The molecule has 1 fully saturated rings. The van der Waals surface area contributed by atoms with Gasteiger partial charge < -0.3 is 14.6 Å². The molecule has 5 nitrogen and oxygen atoms in total. The van der Waals surface area contributed by atoms with Crippen LogP contribution in [0.4, 0.5) is 0 Å². The van der Waals surface area contributed by atoms with E-state index < -0.39 is 0 Å². The number of hydrogen-bond acceptors (Lipinski definition) is 4. The number of ether oxygens (including phenoxy) is 1. The van der Waals surface area contributed by atoms with Crippen molar-refractivity contribution in [3.63, 3.8) is 0 Å². The summed E-state index contributed by atoms with van der Waals surface area (Å²) in [6.45, 7) is 2.22. The van der Waals surface area contributed by atoms with Crippen LogP contribution >= 0.6 is 0 Å². The molecule has 1 aromatic heterocycles. The first-order chi connectivity index (χ1) is 8.19. The van der Waals surface area contributed by atoms with Crippen LogP contribution in [0.2, 0.25) is 0 Å². The maximum absolute atomic E-state index is 11.1. The lowest BCUT2D eigenvalue weighted by Crippen LogP contribution is -2.30. The molecule has 0 saturated carbocycles. The van der Waals surface area contributed by atoms with Crippen molar-refractivity contribution in [1.29, 1.82) is 0 Å². The van der Waals surface area contributed by atoms with Crippen molar-refractivity contribution in [2.45, 2.75) is 25.2 Å². The Hall–Kier alpha value is -1.36. The van der Waals surface area contributed by atoms with Crippen molar-refractivity contribution in [2.24, 2.45) is 0 Å². The van der Waals surface area contributed by atoms with Gasteiger partial charge in [0.05, 0.1) is 7.11 Å². The fraction of sp³-hybridized carbons (Fsp3) is 0.667. The van der Waals surface area contributed by atoms with Gasteiger partial charge in [0.2, 0.25) is 0 Å². The number of likely N-dealkylation sites (tertiary alicyclic amines) is 1. The lowest BCUT2D eigenvalue weighted by Gasteiger charge is -2.28. The van der Waals surface area contributed by atoms with Crippen LogP contribution in [-0.2, 0) is 16.0 Å². The lowest BCUT2D eigenvalue weighted by molar-refractivity contribution is -0.139. The van der Waals surface area contributed by atoms with E-state index in [1.807, 2.05) is 6.20 Å². The zero-order valence-electron chi connectivity index (χ0n) is 10.4. The van der Waals surface area contributed by atoms with Gasteiger partial charge in [-0.25, -0.2) is 4.98 Å². The van der Waals surface area contributed by atoms with Gasteiger partial charge >= 0.3 is 5.97 Å². The summed E-state index contributed by atoms with van der Waals surface area (Å²) in [6.07, 6.45) is 4.47. The summed E-state index contributed by atoms with van der Waals surface area (Å²) in [4.78, 5) is 20.9. The third kappa shape index (κ3) is 3.06. The number of likely N-dealkylation sites (N-methyl/N-ethyl adjacent to an activating group) is 1. The summed E-state index contributed by atoms with van der Waals surface area (Å²) in [5.74, 6) is 0.944. The van der Waals surface area contributed by atoms with Crippen molar-refractivity contribution < 1.29 is 9.53 Å². The van der Waals surface area contributed by atoms with E-state index in [2.05, 4.69) is 26.7 Å². The van der Waals surface area contributed by atoms with Crippen LogP contribution in [0.5, 0.6) is 0 Å². The molecule has 0 spiro atoms. The average Bonchev–Trinajstić information content (AvgIpc) is 2.77. The number of carbonyl (C=O) groups excluding carboxylic acids is 1. The topological polar surface area (TPSA) is 58.2 Å². The Morgan fingerprint density at radius 3 is 3.24 bits per heavy atom. The first-order valence-electron chi connectivity index (χ1n) is 5.98. The van der Waals surface area contributed by atoms with E-state index in [0.717, 1.165) is 12.2 Å². The molecule has 1 aliphatic heterocycles. The third-order valence-electron chi connectivity index (χ3n) is 3.25. The highest BCUT2D eigenvalue weighted by atomic mass is 16.5. The standard InChI is InChI=1S/C12H19N3O2/c1-15-5-3-4-9(8-15)10-7-13-11(14-10)6-12(16)17-2/h7,9H,3-6,8H2,1-2H3,(H,13,14). The Kier molecular flexibility index (Phi) is 3.78. The van der Waals surface area contributed by atoms with Gasteiger partial charge in [-0.1, -0.05) is 0 Å². The van der Waals surface area contributed by atoms with Crippen molar-refractivity contribution in [2.75, 3.05) is 27.2 Å². The highest BCUT2D eigenvalue weighted by Gasteiger charge is 2.20. The number of esters is 1. The molecule has 1 unspecified atom stereocenters. The maximum atomic E-state index is 11.1. The third-order valence-corrected chi connectivity index (χ3v) is 3.25. The minimum absolute atomic E-state index is 0.221. The van der Waals surface area contributed by atoms with Crippen LogP contribution in [0.1, 0.15) is 30.3 Å². The summed E-state index contributed by atoms with van der Waals surface area (Å²) >= 11 is 0. The van der Waals surface area contributed by atoms with Gasteiger partial charge in [-0.05, 0) is 26.4 Å². The van der Waals surface area contributed by atoms with Crippen LogP contribution in [0.15, 0.2) is 6.20 Å². The number of H-pyrrole nitrogens is 1. The molecule has 5 heteroatoms. The fourth-order valence-electron chi connectivity index (χ4n) is 2.31. The molecule has 0 aliphatic carbocycles. The molecule has 1 aliphatic rings. The van der Waals surface area contributed by atoms with E-state index in [9.17, 15) is 4.79 Å². The second kappa shape index (κ2) is 5.31. The van der Waals surface area contributed by atoms with Crippen LogP contribution in [0.3, 0.4) is 0 Å². The zero-order valence-corrected chi connectivity index (χ0v) is 10.4. The lowest BCUT2D eigenvalue weighted by atomic mass is 9.96. The van der Waals surface area contributed by atoms with E-state index in [-0.39, 0.29) is 12.4 Å². The Morgan fingerprint density at radius 2 is 2.53 bits per heavy atom. The largest absolute Gasteiger partial charge is 0.469 e. The van der Waals surface area contributed by atoms with E-state index >= 15 is 0 Å². The van der Waals surface area contributed by atoms with Gasteiger partial charge in [-0.15, -0.1) is 0 Å². The number of piperidine rings is 1. The van der Waals surface area contributed by atoms with Gasteiger partial charge in [0, 0.05) is 24.4 Å². The maximum Gasteiger partial charge on any atom is 0.313 e. The van der Waals surface area contributed by atoms with Gasteiger partial charge in [-0.2, -0.15) is 0 Å². The van der Waals surface area contributed by atoms with Crippen LogP contribution in [0.25, 0.3) is 0 Å². The normalized spacial score (nSPS) is 21.4. The molecule has 0 radical (unpaired) electrons. The number of aromatic amines is 1.